The summed E-state index contributed by atoms with van der Waals surface area (Å²) < 4.78 is 51.8. The number of nitrogens with two attached hydrogens (primary N) is 1. The number of hydrogen-bond acceptors (Lipinski definition) is 10. The molecule has 1 aliphatic heterocycles. The molecule has 174 valence electrons. The number of nitrogens with one attached hydrogen (secondary N) is 1. The first-order chi connectivity index (χ1) is 14.2. The SMILES string of the molecule is NCC#Cc1cn([C@@H]2CC[C@H](COP(=O)(O)OP(=O)(O)OP(=O)(O)O)O2)c(=O)[nH]c1=O. The predicted octanol–water partition coefficient (Wildman–Crippen LogP) is -1.13. The Balaban J connectivity index is 2.02. The zero-order valence-electron chi connectivity index (χ0n) is 15.4. The van der Waals surface area contributed by atoms with Crippen molar-refractivity contribution in [2.24, 2.45) is 5.73 Å². The minimum atomic E-state index is -5.63. The Morgan fingerprint density at radius 1 is 1.16 bits per heavy atom. The number of H-pyrrole nitrogens is 1. The molecule has 0 saturated carbocycles. The van der Waals surface area contributed by atoms with Crippen LogP contribution in [0.2, 0.25) is 0 Å². The highest BCUT2D eigenvalue weighted by atomic mass is 31.3. The van der Waals surface area contributed by atoms with Crippen LogP contribution in [0.4, 0.5) is 0 Å². The average molecular weight is 505 g/mol. The Morgan fingerprint density at radius 3 is 2.45 bits per heavy atom. The van der Waals surface area contributed by atoms with E-state index in [4.69, 9.17) is 25.2 Å². The molecule has 1 fully saturated rings. The largest absolute Gasteiger partial charge is 0.490 e. The number of ether oxygens (including phenoxy) is 1. The number of phosphoric ester groups is 1. The highest BCUT2D eigenvalue weighted by Gasteiger charge is 2.41. The van der Waals surface area contributed by atoms with Crippen LogP contribution in [-0.4, -0.2) is 48.4 Å². The summed E-state index contributed by atoms with van der Waals surface area (Å²) >= 11 is 0. The quantitative estimate of drug-likeness (QED) is 0.181. The molecule has 4 atom stereocenters. The third kappa shape index (κ3) is 8.21. The summed E-state index contributed by atoms with van der Waals surface area (Å²) in [6.07, 6.45) is -0.181. The molecule has 2 unspecified atom stereocenters. The Kier molecular flexibility index (Phi) is 8.34. The number of rotatable bonds is 8. The fourth-order valence-corrected chi connectivity index (χ4v) is 5.48. The van der Waals surface area contributed by atoms with Crippen LogP contribution in [0.25, 0.3) is 0 Å². The summed E-state index contributed by atoms with van der Waals surface area (Å²) in [5.74, 6) is 4.96. The fraction of sp³-hybridized carbons (Fsp3) is 0.500. The van der Waals surface area contributed by atoms with Crippen LogP contribution in [0.1, 0.15) is 24.6 Å². The summed E-state index contributed by atoms with van der Waals surface area (Å²) in [6, 6.07) is 0. The van der Waals surface area contributed by atoms with Gasteiger partial charge in [-0.2, -0.15) is 8.62 Å². The lowest BCUT2D eigenvalue weighted by Crippen LogP contribution is -2.33. The second kappa shape index (κ2) is 10.0. The van der Waals surface area contributed by atoms with Crippen LogP contribution < -0.4 is 17.0 Å². The number of aromatic nitrogens is 2. The van der Waals surface area contributed by atoms with Crippen molar-refractivity contribution in [1.29, 1.82) is 0 Å². The molecule has 0 radical (unpaired) electrons. The molecule has 1 saturated heterocycles. The predicted molar refractivity (Wildman–Crippen MR) is 100 cm³/mol. The third-order valence-electron chi connectivity index (χ3n) is 3.53. The van der Waals surface area contributed by atoms with Gasteiger partial charge in [-0.1, -0.05) is 11.8 Å². The first-order valence-electron chi connectivity index (χ1n) is 8.19. The standard InChI is InChI=1S/C12H18N3O13P3/c13-5-1-2-8-6-15(12(17)14-11(8)16)10-4-3-9(26-10)7-25-30(21,22)28-31(23,24)27-29(18,19)20/h6,9-10H,3-5,7,13H2,(H,21,22)(H,23,24)(H,14,16,17)(H2,18,19,20)/t9-,10+/m1/s1. The molecule has 1 aliphatic rings. The molecule has 31 heavy (non-hydrogen) atoms. The molecule has 19 heteroatoms. The number of hydrogen-bond donors (Lipinski definition) is 6. The van der Waals surface area contributed by atoms with Crippen LogP contribution in [0.3, 0.4) is 0 Å². The Bertz CT molecular complexity index is 1130. The summed E-state index contributed by atoms with van der Waals surface area (Å²) in [7, 11) is -16.4. The van der Waals surface area contributed by atoms with E-state index in [0.717, 1.165) is 4.57 Å². The second-order valence-electron chi connectivity index (χ2n) is 5.89. The van der Waals surface area contributed by atoms with Crippen molar-refractivity contribution in [3.05, 3.63) is 32.6 Å². The van der Waals surface area contributed by atoms with E-state index >= 15 is 0 Å². The van der Waals surface area contributed by atoms with E-state index in [2.05, 4.69) is 30.0 Å². The monoisotopic (exact) mass is 505 g/mol. The van der Waals surface area contributed by atoms with Crippen molar-refractivity contribution in [2.45, 2.75) is 25.2 Å². The maximum Gasteiger partial charge on any atom is 0.490 e. The number of aromatic amines is 1. The van der Waals surface area contributed by atoms with Crippen LogP contribution >= 0.6 is 23.5 Å². The van der Waals surface area contributed by atoms with Crippen LogP contribution in [0, 0.1) is 11.8 Å². The average Bonchev–Trinajstić information content (AvgIpc) is 3.05. The zero-order valence-corrected chi connectivity index (χ0v) is 18.1. The van der Waals surface area contributed by atoms with Crippen LogP contribution in [0.15, 0.2) is 15.8 Å². The maximum absolute atomic E-state index is 12.0. The van der Waals surface area contributed by atoms with Crippen molar-refractivity contribution in [2.75, 3.05) is 13.2 Å². The van der Waals surface area contributed by atoms with Gasteiger partial charge in [-0.15, -0.1) is 0 Å². The maximum atomic E-state index is 12.0. The molecule has 0 aliphatic carbocycles. The number of nitrogens with zero attached hydrogens (tertiary/aromatic N) is 1. The molecular formula is C12H18N3O13P3. The van der Waals surface area contributed by atoms with E-state index in [1.807, 2.05) is 0 Å². The Labute approximate surface area is 173 Å². The van der Waals surface area contributed by atoms with Gasteiger partial charge in [-0.05, 0) is 12.8 Å². The summed E-state index contributed by atoms with van der Waals surface area (Å²) in [6.45, 7) is -0.667. The van der Waals surface area contributed by atoms with E-state index in [1.165, 1.54) is 6.20 Å². The molecule has 0 amide bonds. The highest BCUT2D eigenvalue weighted by molar-refractivity contribution is 7.66. The molecule has 2 rings (SSSR count). The third-order valence-corrected chi connectivity index (χ3v) is 7.33. The molecule has 7 N–H and O–H groups in total. The van der Waals surface area contributed by atoms with E-state index < -0.39 is 53.7 Å². The van der Waals surface area contributed by atoms with Crippen LogP contribution in [0.5, 0.6) is 0 Å². The molecule has 1 aromatic rings. The lowest BCUT2D eigenvalue weighted by Gasteiger charge is -2.19. The minimum Gasteiger partial charge on any atom is -0.352 e. The van der Waals surface area contributed by atoms with Crippen molar-refractivity contribution in [3.8, 4) is 11.8 Å². The zero-order chi connectivity index (χ0) is 23.4. The lowest BCUT2D eigenvalue weighted by molar-refractivity contribution is -0.0243. The smallest absolute Gasteiger partial charge is 0.352 e. The van der Waals surface area contributed by atoms with Gasteiger partial charge in [-0.3, -0.25) is 18.9 Å². The van der Waals surface area contributed by atoms with Crippen molar-refractivity contribution in [3.63, 3.8) is 0 Å². The van der Waals surface area contributed by atoms with E-state index in [0.29, 0.717) is 0 Å². The van der Waals surface area contributed by atoms with Crippen molar-refractivity contribution in [1.82, 2.24) is 9.55 Å². The van der Waals surface area contributed by atoms with Crippen LogP contribution in [-0.2, 0) is 31.6 Å². The summed E-state index contributed by atoms with van der Waals surface area (Å²) in [5, 5.41) is 0. The van der Waals surface area contributed by atoms with Gasteiger partial charge in [0.05, 0.1) is 19.3 Å². The Hall–Kier alpha value is -1.43. The Morgan fingerprint density at radius 2 is 1.84 bits per heavy atom. The van der Waals surface area contributed by atoms with E-state index in [1.54, 1.807) is 0 Å². The molecule has 16 nitrogen and oxygen atoms in total. The second-order valence-corrected chi connectivity index (χ2v) is 10.3. The van der Waals surface area contributed by atoms with Gasteiger partial charge in [0.1, 0.15) is 11.8 Å². The van der Waals surface area contributed by atoms with Crippen molar-refractivity contribution < 1.29 is 51.2 Å². The molecule has 0 spiro atoms. The van der Waals surface area contributed by atoms with Gasteiger partial charge in [0.15, 0.2) is 0 Å². The first kappa shape index (κ1) is 25.8. The fourth-order valence-electron chi connectivity index (χ4n) is 2.43. The molecule has 0 aromatic carbocycles. The van der Waals surface area contributed by atoms with Gasteiger partial charge in [0, 0.05) is 6.20 Å². The molecule has 0 bridgehead atoms. The highest BCUT2D eigenvalue weighted by Crippen LogP contribution is 2.66. The van der Waals surface area contributed by atoms with Gasteiger partial charge in [0.25, 0.3) is 5.56 Å². The van der Waals surface area contributed by atoms with Crippen molar-refractivity contribution >= 4 is 23.5 Å². The van der Waals surface area contributed by atoms with E-state index in [-0.39, 0.29) is 24.9 Å². The number of phosphoric acid groups is 3. The normalized spacial score (nSPS) is 22.9. The van der Waals surface area contributed by atoms with Gasteiger partial charge in [0.2, 0.25) is 0 Å². The summed E-state index contributed by atoms with van der Waals surface area (Å²) in [4.78, 5) is 61.3. The topological polar surface area (TPSA) is 250 Å². The first-order valence-corrected chi connectivity index (χ1v) is 12.7. The molecule has 1 aromatic heterocycles. The summed E-state index contributed by atoms with van der Waals surface area (Å²) in [5.41, 5.74) is 3.70. The van der Waals surface area contributed by atoms with Gasteiger partial charge < -0.3 is 30.0 Å². The minimum absolute atomic E-state index is 0.0127. The van der Waals surface area contributed by atoms with Gasteiger partial charge >= 0.3 is 29.2 Å². The molecular weight excluding hydrogens is 487 g/mol. The lowest BCUT2D eigenvalue weighted by atomic mass is 10.2. The molecule has 2 heterocycles. The van der Waals surface area contributed by atoms with E-state index in [9.17, 15) is 28.2 Å². The van der Waals surface area contributed by atoms with Gasteiger partial charge in [-0.25, -0.2) is 18.5 Å².